The Kier molecular flexibility index (Phi) is 4.79. The monoisotopic (exact) mass is 222 g/mol. The summed E-state index contributed by atoms with van der Waals surface area (Å²) in [6.07, 6.45) is 0. The number of ether oxygens (including phenoxy) is 1. The highest BCUT2D eigenvalue weighted by Crippen LogP contribution is 2.12. The zero-order chi connectivity index (χ0) is 12.0. The summed E-state index contributed by atoms with van der Waals surface area (Å²) in [4.78, 5) is 11.3. The molecule has 0 fully saturated rings. The van der Waals surface area contributed by atoms with Crippen molar-refractivity contribution in [2.45, 2.75) is 26.4 Å². The smallest absolute Gasteiger partial charge is 0.258 e. The fraction of sp³-hybridized carbons (Fsp3) is 0.417. The van der Waals surface area contributed by atoms with Crippen LogP contribution in [0.15, 0.2) is 24.3 Å². The normalized spacial score (nSPS) is 10.2. The molecule has 16 heavy (non-hydrogen) atoms. The van der Waals surface area contributed by atoms with Gasteiger partial charge in [-0.05, 0) is 31.5 Å². The first-order valence-electron chi connectivity index (χ1n) is 5.33. The number of carbonyl (C=O) groups excluding carboxylic acids is 1. The molecule has 1 aromatic rings. The van der Waals surface area contributed by atoms with E-state index in [0.29, 0.717) is 12.3 Å². The number of hydrogen-bond acceptors (Lipinski definition) is 3. The summed E-state index contributed by atoms with van der Waals surface area (Å²) in [5, 5.41) is 2.75. The third-order valence-electron chi connectivity index (χ3n) is 1.95. The molecular weight excluding hydrogens is 204 g/mol. The number of carbonyl (C=O) groups is 1. The van der Waals surface area contributed by atoms with E-state index < -0.39 is 0 Å². The van der Waals surface area contributed by atoms with E-state index >= 15 is 0 Å². The first kappa shape index (κ1) is 12.5. The predicted octanol–water partition coefficient (Wildman–Crippen LogP) is 1.05. The highest BCUT2D eigenvalue weighted by molar-refractivity contribution is 5.77. The van der Waals surface area contributed by atoms with Crippen LogP contribution in [0, 0.1) is 0 Å². The summed E-state index contributed by atoms with van der Waals surface area (Å²) < 4.78 is 5.34. The molecule has 0 radical (unpaired) electrons. The Hall–Kier alpha value is -1.55. The average Bonchev–Trinajstić information content (AvgIpc) is 2.26. The first-order chi connectivity index (χ1) is 7.61. The molecular formula is C12H18N2O2. The van der Waals surface area contributed by atoms with Crippen LogP contribution in [0.3, 0.4) is 0 Å². The van der Waals surface area contributed by atoms with E-state index in [9.17, 15) is 4.79 Å². The van der Waals surface area contributed by atoms with E-state index in [1.807, 2.05) is 38.1 Å². The molecule has 0 spiro atoms. The minimum atomic E-state index is -0.117. The lowest BCUT2D eigenvalue weighted by molar-refractivity contribution is -0.123. The lowest BCUT2D eigenvalue weighted by atomic mass is 10.2. The fourth-order valence-corrected chi connectivity index (χ4v) is 1.27. The number of nitrogens with two attached hydrogens (primary N) is 1. The lowest BCUT2D eigenvalue weighted by Gasteiger charge is -2.10. The summed E-state index contributed by atoms with van der Waals surface area (Å²) in [6, 6.07) is 7.55. The van der Waals surface area contributed by atoms with Crippen molar-refractivity contribution in [3.05, 3.63) is 29.8 Å². The maximum Gasteiger partial charge on any atom is 0.258 e. The number of nitrogens with one attached hydrogen (secondary N) is 1. The quantitative estimate of drug-likeness (QED) is 0.782. The van der Waals surface area contributed by atoms with Crippen molar-refractivity contribution in [3.63, 3.8) is 0 Å². The number of hydrogen-bond donors (Lipinski definition) is 2. The van der Waals surface area contributed by atoms with Gasteiger partial charge in [0.1, 0.15) is 5.75 Å². The van der Waals surface area contributed by atoms with Crippen LogP contribution in [-0.2, 0) is 11.3 Å². The fourth-order valence-electron chi connectivity index (χ4n) is 1.27. The molecule has 88 valence electrons. The molecule has 0 saturated heterocycles. The molecule has 0 aliphatic heterocycles. The molecule has 0 unspecified atom stereocenters. The van der Waals surface area contributed by atoms with Crippen LogP contribution in [0.25, 0.3) is 0 Å². The minimum absolute atomic E-state index is 0.0339. The van der Waals surface area contributed by atoms with E-state index in [1.54, 1.807) is 0 Å². The second-order valence-corrected chi connectivity index (χ2v) is 3.86. The largest absolute Gasteiger partial charge is 0.484 e. The third-order valence-corrected chi connectivity index (χ3v) is 1.95. The molecule has 0 saturated carbocycles. The van der Waals surface area contributed by atoms with Crippen molar-refractivity contribution in [3.8, 4) is 5.75 Å². The number of rotatable bonds is 5. The maximum absolute atomic E-state index is 11.3. The van der Waals surface area contributed by atoms with Gasteiger partial charge in [-0.25, -0.2) is 0 Å². The summed E-state index contributed by atoms with van der Waals surface area (Å²) in [5.41, 5.74) is 6.49. The summed E-state index contributed by atoms with van der Waals surface area (Å²) >= 11 is 0. The zero-order valence-electron chi connectivity index (χ0n) is 9.69. The molecule has 0 aliphatic rings. The maximum atomic E-state index is 11.3. The molecule has 0 aromatic heterocycles. The SMILES string of the molecule is CC(C)NC(=O)COc1cccc(CN)c1. The third kappa shape index (κ3) is 4.31. The van der Waals surface area contributed by atoms with Crippen molar-refractivity contribution >= 4 is 5.91 Å². The average molecular weight is 222 g/mol. The van der Waals surface area contributed by atoms with Crippen molar-refractivity contribution in [2.75, 3.05) is 6.61 Å². The Morgan fingerprint density at radius 2 is 2.25 bits per heavy atom. The summed E-state index contributed by atoms with van der Waals surface area (Å²) in [7, 11) is 0. The molecule has 0 aliphatic carbocycles. The van der Waals surface area contributed by atoms with Gasteiger partial charge >= 0.3 is 0 Å². The molecule has 3 N–H and O–H groups in total. The van der Waals surface area contributed by atoms with Gasteiger partial charge in [0, 0.05) is 12.6 Å². The van der Waals surface area contributed by atoms with Gasteiger partial charge in [-0.1, -0.05) is 12.1 Å². The lowest BCUT2D eigenvalue weighted by Crippen LogP contribution is -2.34. The Bertz CT molecular complexity index is 351. The zero-order valence-corrected chi connectivity index (χ0v) is 9.69. The van der Waals surface area contributed by atoms with E-state index in [-0.39, 0.29) is 18.6 Å². The van der Waals surface area contributed by atoms with Crippen molar-refractivity contribution in [1.82, 2.24) is 5.32 Å². The van der Waals surface area contributed by atoms with Crippen LogP contribution in [-0.4, -0.2) is 18.6 Å². The molecule has 1 rings (SSSR count). The van der Waals surface area contributed by atoms with Gasteiger partial charge in [0.15, 0.2) is 6.61 Å². The van der Waals surface area contributed by atoms with E-state index in [0.717, 1.165) is 5.56 Å². The van der Waals surface area contributed by atoms with Gasteiger partial charge in [-0.15, -0.1) is 0 Å². The standard InChI is InChI=1S/C12H18N2O2/c1-9(2)14-12(15)8-16-11-5-3-4-10(6-11)7-13/h3-6,9H,7-8,13H2,1-2H3,(H,14,15). The topological polar surface area (TPSA) is 64.3 Å². The van der Waals surface area contributed by atoms with Crippen molar-refractivity contribution < 1.29 is 9.53 Å². The van der Waals surface area contributed by atoms with Gasteiger partial charge in [0.25, 0.3) is 5.91 Å². The highest BCUT2D eigenvalue weighted by Gasteiger charge is 2.04. The Labute approximate surface area is 95.8 Å². The van der Waals surface area contributed by atoms with Crippen LogP contribution in [0.5, 0.6) is 5.75 Å². The van der Waals surface area contributed by atoms with E-state index in [1.165, 1.54) is 0 Å². The highest BCUT2D eigenvalue weighted by atomic mass is 16.5. The second kappa shape index (κ2) is 6.12. The summed E-state index contributed by atoms with van der Waals surface area (Å²) in [5.74, 6) is 0.551. The van der Waals surface area contributed by atoms with Crippen molar-refractivity contribution in [2.24, 2.45) is 5.73 Å². The Morgan fingerprint density at radius 3 is 2.88 bits per heavy atom. The van der Waals surface area contributed by atoms with Gasteiger partial charge in [-0.2, -0.15) is 0 Å². The van der Waals surface area contributed by atoms with Crippen LogP contribution in [0.4, 0.5) is 0 Å². The van der Waals surface area contributed by atoms with E-state index in [4.69, 9.17) is 10.5 Å². The number of amides is 1. The molecule has 4 heteroatoms. The van der Waals surface area contributed by atoms with E-state index in [2.05, 4.69) is 5.32 Å². The molecule has 1 aromatic carbocycles. The molecule has 0 atom stereocenters. The van der Waals surface area contributed by atoms with Gasteiger partial charge in [0.05, 0.1) is 0 Å². The van der Waals surface area contributed by atoms with Gasteiger partial charge in [-0.3, -0.25) is 4.79 Å². The molecule has 0 bridgehead atoms. The van der Waals surface area contributed by atoms with Crippen LogP contribution < -0.4 is 15.8 Å². The van der Waals surface area contributed by atoms with Crippen LogP contribution >= 0.6 is 0 Å². The molecule has 4 nitrogen and oxygen atoms in total. The second-order valence-electron chi connectivity index (χ2n) is 3.86. The van der Waals surface area contributed by atoms with Gasteiger partial charge in [0.2, 0.25) is 0 Å². The Balaban J connectivity index is 2.45. The predicted molar refractivity (Wildman–Crippen MR) is 63.1 cm³/mol. The van der Waals surface area contributed by atoms with Crippen LogP contribution in [0.1, 0.15) is 19.4 Å². The minimum Gasteiger partial charge on any atom is -0.484 e. The Morgan fingerprint density at radius 1 is 1.50 bits per heavy atom. The molecule has 0 heterocycles. The van der Waals surface area contributed by atoms with Crippen LogP contribution in [0.2, 0.25) is 0 Å². The molecule has 1 amide bonds. The summed E-state index contributed by atoms with van der Waals surface area (Å²) in [6.45, 7) is 4.32. The van der Waals surface area contributed by atoms with Gasteiger partial charge < -0.3 is 15.8 Å². The first-order valence-corrected chi connectivity index (χ1v) is 5.33. The number of benzene rings is 1. The van der Waals surface area contributed by atoms with Crippen molar-refractivity contribution in [1.29, 1.82) is 0 Å².